The molecule has 8 nitrogen and oxygen atoms in total. The molecule has 1 aliphatic carbocycles. The molecular weight excluding hydrogens is 404 g/mol. The van der Waals surface area contributed by atoms with Gasteiger partial charge in [-0.25, -0.2) is 9.48 Å². The molecule has 2 aromatic rings. The second-order valence-corrected chi connectivity index (χ2v) is 8.71. The van der Waals surface area contributed by atoms with Gasteiger partial charge < -0.3 is 10.2 Å². The van der Waals surface area contributed by atoms with Gasteiger partial charge in [0, 0.05) is 63.1 Å². The van der Waals surface area contributed by atoms with Crippen LogP contribution in [-0.4, -0.2) is 57.5 Å². The fraction of sp³-hybridized carbons (Fsp3) is 0.571. The highest BCUT2D eigenvalue weighted by Crippen LogP contribution is 2.27. The van der Waals surface area contributed by atoms with Crippen molar-refractivity contribution in [3.8, 4) is 0 Å². The van der Waals surface area contributed by atoms with Gasteiger partial charge in [-0.05, 0) is 43.9 Å². The van der Waals surface area contributed by atoms with Crippen molar-refractivity contribution in [3.05, 3.63) is 50.1 Å². The van der Waals surface area contributed by atoms with Crippen molar-refractivity contribution in [2.75, 3.05) is 36.4 Å². The number of rotatable bonds is 4. The number of aryl methyl sites for hydroxylation is 1. The Hall–Kier alpha value is -2.32. The summed E-state index contributed by atoms with van der Waals surface area (Å²) in [6, 6.07) is 8.87. The van der Waals surface area contributed by atoms with E-state index in [2.05, 4.69) is 26.3 Å². The van der Waals surface area contributed by atoms with Crippen LogP contribution in [0, 0.1) is 0 Å². The number of hydrogen-bond donors (Lipinski definition) is 1. The maximum absolute atomic E-state index is 12.3. The SMILES string of the molecule is Cn1nc(N[C@H]2CC[C@@H](N3CCN(c4cccc(Cl)c4)CC3)CC2)c(=O)n(C)c1=O. The van der Waals surface area contributed by atoms with E-state index in [9.17, 15) is 9.59 Å². The van der Waals surface area contributed by atoms with Crippen LogP contribution in [0.3, 0.4) is 0 Å². The molecule has 162 valence electrons. The van der Waals surface area contributed by atoms with Gasteiger partial charge in [-0.3, -0.25) is 14.3 Å². The molecule has 9 heteroatoms. The van der Waals surface area contributed by atoms with Crippen molar-refractivity contribution < 1.29 is 0 Å². The average Bonchev–Trinajstić information content (AvgIpc) is 2.77. The molecular formula is C21H29ClN6O2. The molecule has 2 aliphatic rings. The Morgan fingerprint density at radius 2 is 1.73 bits per heavy atom. The Bertz CT molecular complexity index is 1000. The first kappa shape index (κ1) is 20.9. The highest BCUT2D eigenvalue weighted by Gasteiger charge is 2.29. The summed E-state index contributed by atoms with van der Waals surface area (Å²) in [4.78, 5) is 29.1. The van der Waals surface area contributed by atoms with Gasteiger partial charge in [0.05, 0.1) is 0 Å². The van der Waals surface area contributed by atoms with Crippen LogP contribution in [0.2, 0.25) is 5.02 Å². The molecule has 30 heavy (non-hydrogen) atoms. The van der Waals surface area contributed by atoms with Crippen LogP contribution in [0.15, 0.2) is 33.9 Å². The Morgan fingerprint density at radius 1 is 1.03 bits per heavy atom. The van der Waals surface area contributed by atoms with E-state index in [-0.39, 0.29) is 17.4 Å². The molecule has 0 amide bonds. The van der Waals surface area contributed by atoms with Gasteiger partial charge in [0.1, 0.15) is 0 Å². The monoisotopic (exact) mass is 432 g/mol. The van der Waals surface area contributed by atoms with E-state index in [1.54, 1.807) is 7.05 Å². The maximum atomic E-state index is 12.3. The van der Waals surface area contributed by atoms with Crippen LogP contribution in [0.25, 0.3) is 0 Å². The molecule has 1 aromatic carbocycles. The smallest absolute Gasteiger partial charge is 0.346 e. The van der Waals surface area contributed by atoms with Crippen molar-refractivity contribution in [1.29, 1.82) is 0 Å². The van der Waals surface area contributed by atoms with Crippen LogP contribution in [0.4, 0.5) is 11.5 Å². The zero-order chi connectivity index (χ0) is 21.3. The molecule has 0 bridgehead atoms. The van der Waals surface area contributed by atoms with Gasteiger partial charge >= 0.3 is 5.69 Å². The number of hydrogen-bond acceptors (Lipinski definition) is 6. The molecule has 2 fully saturated rings. The third kappa shape index (κ3) is 4.39. The third-order valence-electron chi connectivity index (χ3n) is 6.36. The van der Waals surface area contributed by atoms with Crippen LogP contribution < -0.4 is 21.5 Å². The predicted octanol–water partition coefficient (Wildman–Crippen LogP) is 1.68. The lowest BCUT2D eigenvalue weighted by molar-refractivity contribution is 0.144. The van der Waals surface area contributed by atoms with Crippen molar-refractivity contribution >= 4 is 23.1 Å². The molecule has 2 heterocycles. The lowest BCUT2D eigenvalue weighted by Crippen LogP contribution is -2.52. The number of benzene rings is 1. The Labute approximate surface area is 181 Å². The third-order valence-corrected chi connectivity index (χ3v) is 6.60. The quantitative estimate of drug-likeness (QED) is 0.792. The fourth-order valence-corrected chi connectivity index (χ4v) is 4.77. The van der Waals surface area contributed by atoms with E-state index in [0.29, 0.717) is 6.04 Å². The topological polar surface area (TPSA) is 75.4 Å². The Kier molecular flexibility index (Phi) is 6.15. The molecule has 1 aliphatic heterocycles. The molecule has 0 spiro atoms. The van der Waals surface area contributed by atoms with E-state index in [1.807, 2.05) is 18.2 Å². The normalized spacial score (nSPS) is 22.8. The lowest BCUT2D eigenvalue weighted by Gasteiger charge is -2.42. The summed E-state index contributed by atoms with van der Waals surface area (Å²) in [7, 11) is 3.05. The highest BCUT2D eigenvalue weighted by molar-refractivity contribution is 6.30. The van der Waals surface area contributed by atoms with Crippen molar-refractivity contribution in [2.24, 2.45) is 14.1 Å². The van der Waals surface area contributed by atoms with Gasteiger partial charge in [-0.1, -0.05) is 17.7 Å². The fourth-order valence-electron chi connectivity index (χ4n) is 4.59. The number of piperazine rings is 1. The van der Waals surface area contributed by atoms with Crippen LogP contribution in [-0.2, 0) is 14.1 Å². The highest BCUT2D eigenvalue weighted by atomic mass is 35.5. The summed E-state index contributed by atoms with van der Waals surface area (Å²) < 4.78 is 2.30. The number of anilines is 2. The molecule has 0 atom stereocenters. The molecule has 0 radical (unpaired) electrons. The second kappa shape index (κ2) is 8.81. The predicted molar refractivity (Wildman–Crippen MR) is 120 cm³/mol. The summed E-state index contributed by atoms with van der Waals surface area (Å²) in [5.41, 5.74) is 0.421. The van der Waals surface area contributed by atoms with Crippen molar-refractivity contribution in [1.82, 2.24) is 19.2 Å². The average molecular weight is 433 g/mol. The van der Waals surface area contributed by atoms with E-state index in [4.69, 9.17) is 11.6 Å². The largest absolute Gasteiger partial charge is 0.369 e. The minimum Gasteiger partial charge on any atom is -0.369 e. The zero-order valence-corrected chi connectivity index (χ0v) is 18.3. The maximum Gasteiger partial charge on any atom is 0.346 e. The zero-order valence-electron chi connectivity index (χ0n) is 17.6. The molecule has 1 N–H and O–H groups in total. The second-order valence-electron chi connectivity index (χ2n) is 8.27. The van der Waals surface area contributed by atoms with Crippen LogP contribution in [0.1, 0.15) is 25.7 Å². The lowest BCUT2D eigenvalue weighted by atomic mass is 9.89. The summed E-state index contributed by atoms with van der Waals surface area (Å²) in [5.74, 6) is 0.262. The van der Waals surface area contributed by atoms with Crippen LogP contribution >= 0.6 is 11.6 Å². The molecule has 4 rings (SSSR count). The molecule has 1 saturated heterocycles. The van der Waals surface area contributed by atoms with E-state index < -0.39 is 5.69 Å². The summed E-state index contributed by atoms with van der Waals surface area (Å²) in [5, 5.41) is 8.17. The van der Waals surface area contributed by atoms with E-state index >= 15 is 0 Å². The van der Waals surface area contributed by atoms with E-state index in [0.717, 1.165) is 61.5 Å². The summed E-state index contributed by atoms with van der Waals surface area (Å²) >= 11 is 6.14. The van der Waals surface area contributed by atoms with Gasteiger partial charge in [0.25, 0.3) is 5.56 Å². The van der Waals surface area contributed by atoms with Gasteiger partial charge in [-0.15, -0.1) is 5.10 Å². The first-order valence-corrected chi connectivity index (χ1v) is 11.0. The number of nitrogens with zero attached hydrogens (tertiary/aromatic N) is 5. The van der Waals surface area contributed by atoms with Crippen molar-refractivity contribution in [2.45, 2.75) is 37.8 Å². The number of nitrogens with one attached hydrogen (secondary N) is 1. The van der Waals surface area contributed by atoms with Gasteiger partial charge in [0.15, 0.2) is 0 Å². The molecule has 1 aromatic heterocycles. The number of aromatic nitrogens is 3. The Balaban J connectivity index is 1.29. The molecule has 1 saturated carbocycles. The summed E-state index contributed by atoms with van der Waals surface area (Å²) in [6.07, 6.45) is 4.18. The molecule has 0 unspecified atom stereocenters. The first-order chi connectivity index (χ1) is 14.4. The van der Waals surface area contributed by atoms with Crippen LogP contribution in [0.5, 0.6) is 0 Å². The number of halogens is 1. The minimum absolute atomic E-state index is 0.215. The first-order valence-electron chi connectivity index (χ1n) is 10.6. The summed E-state index contributed by atoms with van der Waals surface area (Å²) in [6.45, 7) is 4.13. The minimum atomic E-state index is -0.411. The van der Waals surface area contributed by atoms with Gasteiger partial charge in [0.2, 0.25) is 5.82 Å². The standard InChI is InChI=1S/C21H29ClN6O2/c1-25-20(29)19(24-26(2)21(25)30)23-16-6-8-17(9-7-16)27-10-12-28(13-11-27)18-5-3-4-15(22)14-18/h3-5,14,16-17H,6-13H2,1-2H3,(H,23,24)/t16-,17+. The van der Waals surface area contributed by atoms with E-state index in [1.165, 1.54) is 17.4 Å². The van der Waals surface area contributed by atoms with Crippen molar-refractivity contribution in [3.63, 3.8) is 0 Å². The van der Waals surface area contributed by atoms with Gasteiger partial charge in [-0.2, -0.15) is 0 Å². The Morgan fingerprint density at radius 3 is 2.40 bits per heavy atom.